The summed E-state index contributed by atoms with van der Waals surface area (Å²) in [5.41, 5.74) is 5.54. The van der Waals surface area contributed by atoms with Crippen molar-refractivity contribution in [2.75, 3.05) is 19.6 Å². The quantitative estimate of drug-likeness (QED) is 0.643. The number of hydrogen-bond donors (Lipinski definition) is 1. The summed E-state index contributed by atoms with van der Waals surface area (Å²) < 4.78 is 0. The molecule has 0 bridgehead atoms. The Kier molecular flexibility index (Phi) is 6.30. The van der Waals surface area contributed by atoms with Gasteiger partial charge in [0, 0.05) is 12.5 Å². The lowest BCUT2D eigenvalue weighted by Gasteiger charge is -2.22. The van der Waals surface area contributed by atoms with Crippen LogP contribution >= 0.6 is 12.2 Å². The van der Waals surface area contributed by atoms with Gasteiger partial charge in [-0.25, -0.2) is 0 Å². The van der Waals surface area contributed by atoms with Gasteiger partial charge in [0.05, 0.1) is 4.99 Å². The molecule has 0 aromatic carbocycles. The Bertz CT molecular complexity index is 136. The zero-order chi connectivity index (χ0) is 9.56. The van der Waals surface area contributed by atoms with Crippen LogP contribution in [0.25, 0.3) is 0 Å². The predicted molar refractivity (Wildman–Crippen MR) is 58.4 cm³/mol. The van der Waals surface area contributed by atoms with E-state index in [1.165, 1.54) is 6.42 Å². The molecule has 0 aromatic heterocycles. The van der Waals surface area contributed by atoms with Crippen molar-refractivity contribution in [2.24, 2.45) is 11.7 Å². The van der Waals surface area contributed by atoms with E-state index >= 15 is 0 Å². The summed E-state index contributed by atoms with van der Waals surface area (Å²) in [6.07, 6.45) is 1.19. The molecule has 3 heteroatoms. The van der Waals surface area contributed by atoms with Crippen molar-refractivity contribution < 1.29 is 0 Å². The molecule has 0 aliphatic heterocycles. The highest BCUT2D eigenvalue weighted by molar-refractivity contribution is 7.80. The molecular weight excluding hydrogens is 168 g/mol. The highest BCUT2D eigenvalue weighted by Gasteiger charge is 2.09. The third kappa shape index (κ3) is 4.67. The van der Waals surface area contributed by atoms with Crippen LogP contribution < -0.4 is 5.73 Å². The first-order valence-electron chi connectivity index (χ1n) is 4.63. The molecule has 1 atom stereocenters. The van der Waals surface area contributed by atoms with Gasteiger partial charge in [-0.15, -0.1) is 0 Å². The van der Waals surface area contributed by atoms with Gasteiger partial charge in [-0.2, -0.15) is 0 Å². The highest BCUT2D eigenvalue weighted by Crippen LogP contribution is 2.00. The van der Waals surface area contributed by atoms with Crippen LogP contribution in [-0.2, 0) is 0 Å². The third-order valence-electron chi connectivity index (χ3n) is 2.00. The summed E-state index contributed by atoms with van der Waals surface area (Å²) in [6, 6.07) is 0. The van der Waals surface area contributed by atoms with Crippen molar-refractivity contribution in [1.82, 2.24) is 4.90 Å². The highest BCUT2D eigenvalue weighted by atomic mass is 32.1. The molecule has 0 heterocycles. The van der Waals surface area contributed by atoms with Crippen LogP contribution in [0.4, 0.5) is 0 Å². The van der Waals surface area contributed by atoms with Crippen molar-refractivity contribution in [3.05, 3.63) is 0 Å². The van der Waals surface area contributed by atoms with Crippen LogP contribution in [0, 0.1) is 5.92 Å². The van der Waals surface area contributed by atoms with Crippen LogP contribution in [0.1, 0.15) is 27.2 Å². The summed E-state index contributed by atoms with van der Waals surface area (Å²) in [7, 11) is 0. The largest absolute Gasteiger partial charge is 0.393 e. The first-order chi connectivity index (χ1) is 5.61. The Balaban J connectivity index is 3.76. The van der Waals surface area contributed by atoms with Crippen molar-refractivity contribution in [2.45, 2.75) is 27.2 Å². The monoisotopic (exact) mass is 188 g/mol. The lowest BCUT2D eigenvalue weighted by Crippen LogP contribution is -2.34. The van der Waals surface area contributed by atoms with Gasteiger partial charge in [-0.3, -0.25) is 0 Å². The first kappa shape index (κ1) is 11.8. The van der Waals surface area contributed by atoms with E-state index in [4.69, 9.17) is 18.0 Å². The molecule has 2 N–H and O–H groups in total. The Morgan fingerprint density at radius 2 is 2.08 bits per heavy atom. The van der Waals surface area contributed by atoms with E-state index in [-0.39, 0.29) is 0 Å². The van der Waals surface area contributed by atoms with Crippen molar-refractivity contribution >= 4 is 17.2 Å². The molecule has 0 radical (unpaired) electrons. The fourth-order valence-electron chi connectivity index (χ4n) is 1.17. The van der Waals surface area contributed by atoms with E-state index in [0.717, 1.165) is 19.6 Å². The molecular formula is C9H20N2S. The SMILES string of the molecule is CCCN(CC)CC(C)C(N)=S. The predicted octanol–water partition coefficient (Wildman–Crippen LogP) is 1.64. The lowest BCUT2D eigenvalue weighted by molar-refractivity contribution is 0.273. The fraction of sp³-hybridized carbons (Fsp3) is 0.889. The van der Waals surface area contributed by atoms with Crippen molar-refractivity contribution in [3.63, 3.8) is 0 Å². The van der Waals surface area contributed by atoms with Crippen molar-refractivity contribution in [3.8, 4) is 0 Å². The topological polar surface area (TPSA) is 29.3 Å². The minimum atomic E-state index is 0.339. The maximum Gasteiger partial charge on any atom is 0.0768 e. The second-order valence-electron chi connectivity index (χ2n) is 3.20. The molecule has 0 rings (SSSR count). The second-order valence-corrected chi connectivity index (χ2v) is 3.67. The zero-order valence-electron chi connectivity index (χ0n) is 8.34. The Morgan fingerprint density at radius 3 is 2.42 bits per heavy atom. The van der Waals surface area contributed by atoms with Gasteiger partial charge >= 0.3 is 0 Å². The smallest absolute Gasteiger partial charge is 0.0768 e. The average Bonchev–Trinajstić information content (AvgIpc) is 2.03. The minimum absolute atomic E-state index is 0.339. The minimum Gasteiger partial charge on any atom is -0.393 e. The van der Waals surface area contributed by atoms with E-state index in [1.54, 1.807) is 0 Å². The molecule has 2 nitrogen and oxygen atoms in total. The number of nitrogens with zero attached hydrogens (tertiary/aromatic N) is 1. The molecule has 0 saturated heterocycles. The Morgan fingerprint density at radius 1 is 1.50 bits per heavy atom. The summed E-state index contributed by atoms with van der Waals surface area (Å²) >= 11 is 4.92. The molecule has 0 aliphatic carbocycles. The van der Waals surface area contributed by atoms with Crippen LogP contribution in [-0.4, -0.2) is 29.5 Å². The van der Waals surface area contributed by atoms with E-state index in [1.807, 2.05) is 0 Å². The van der Waals surface area contributed by atoms with Gasteiger partial charge in [-0.05, 0) is 19.5 Å². The average molecular weight is 188 g/mol. The number of rotatable bonds is 6. The summed E-state index contributed by atoms with van der Waals surface area (Å²) in [5, 5.41) is 0. The van der Waals surface area contributed by atoms with E-state index in [9.17, 15) is 0 Å². The molecule has 0 aromatic rings. The number of thiocarbonyl (C=S) groups is 1. The molecule has 12 heavy (non-hydrogen) atoms. The Labute approximate surface area is 81.1 Å². The van der Waals surface area contributed by atoms with Gasteiger partial charge in [0.15, 0.2) is 0 Å². The molecule has 0 saturated carbocycles. The van der Waals surface area contributed by atoms with Crippen LogP contribution in [0.2, 0.25) is 0 Å². The maximum absolute atomic E-state index is 5.54. The van der Waals surface area contributed by atoms with Gasteiger partial charge in [0.2, 0.25) is 0 Å². The lowest BCUT2D eigenvalue weighted by atomic mass is 10.1. The molecule has 0 spiro atoms. The Hall–Kier alpha value is -0.150. The van der Waals surface area contributed by atoms with E-state index in [2.05, 4.69) is 25.7 Å². The number of nitrogens with two attached hydrogens (primary N) is 1. The fourth-order valence-corrected chi connectivity index (χ4v) is 1.25. The molecule has 0 amide bonds. The number of hydrogen-bond acceptors (Lipinski definition) is 2. The van der Waals surface area contributed by atoms with Crippen LogP contribution in [0.3, 0.4) is 0 Å². The molecule has 0 aliphatic rings. The summed E-state index contributed by atoms with van der Waals surface area (Å²) in [4.78, 5) is 3.01. The van der Waals surface area contributed by atoms with Crippen LogP contribution in [0.5, 0.6) is 0 Å². The van der Waals surface area contributed by atoms with Gasteiger partial charge in [0.1, 0.15) is 0 Å². The van der Waals surface area contributed by atoms with Crippen molar-refractivity contribution in [1.29, 1.82) is 0 Å². The second kappa shape index (κ2) is 6.38. The summed E-state index contributed by atoms with van der Waals surface area (Å²) in [5.74, 6) is 0.339. The van der Waals surface area contributed by atoms with E-state index < -0.39 is 0 Å². The van der Waals surface area contributed by atoms with Gasteiger partial charge in [0.25, 0.3) is 0 Å². The normalized spacial score (nSPS) is 13.3. The maximum atomic E-state index is 5.54. The zero-order valence-corrected chi connectivity index (χ0v) is 9.16. The van der Waals surface area contributed by atoms with E-state index in [0.29, 0.717) is 10.9 Å². The molecule has 1 unspecified atom stereocenters. The molecule has 72 valence electrons. The van der Waals surface area contributed by atoms with Gasteiger partial charge in [-0.1, -0.05) is 33.0 Å². The van der Waals surface area contributed by atoms with Crippen LogP contribution in [0.15, 0.2) is 0 Å². The van der Waals surface area contributed by atoms with Gasteiger partial charge < -0.3 is 10.6 Å². The molecule has 0 fully saturated rings. The first-order valence-corrected chi connectivity index (χ1v) is 5.04. The third-order valence-corrected chi connectivity index (χ3v) is 2.41. The summed E-state index contributed by atoms with van der Waals surface area (Å²) in [6.45, 7) is 9.67. The standard InChI is InChI=1S/C9H20N2S/c1-4-6-11(5-2)7-8(3)9(10)12/h8H,4-7H2,1-3H3,(H2,10,12).